The molecule has 4 saturated carbocycles. The van der Waals surface area contributed by atoms with Gasteiger partial charge < -0.3 is 45.4 Å². The summed E-state index contributed by atoms with van der Waals surface area (Å²) in [6.07, 6.45) is 36.1. The van der Waals surface area contributed by atoms with Gasteiger partial charge in [-0.2, -0.15) is 20.7 Å². The summed E-state index contributed by atoms with van der Waals surface area (Å²) in [5.74, 6) is 2.58. The average Bonchev–Trinajstić information content (AvgIpc) is 1.71. The number of aliphatic hydroxyl groups excluding tert-OH is 1. The second kappa shape index (κ2) is 44.1. The number of pyridine rings is 3. The highest BCUT2D eigenvalue weighted by Gasteiger charge is 2.58. The highest BCUT2D eigenvalue weighted by atomic mass is 31.2. The molecule has 9 aromatic heterocycles. The van der Waals surface area contributed by atoms with Gasteiger partial charge >= 0.3 is 7.60 Å². The predicted octanol–water partition coefficient (Wildman–Crippen LogP) is 20.6. The number of H-pyrrole nitrogens is 1. The molecule has 4 fully saturated rings. The van der Waals surface area contributed by atoms with E-state index in [4.69, 9.17) is 45.7 Å². The summed E-state index contributed by atoms with van der Waals surface area (Å²) in [6.45, 7) is 31.8. The van der Waals surface area contributed by atoms with E-state index in [0.717, 1.165) is 75.7 Å². The van der Waals surface area contributed by atoms with Crippen LogP contribution in [0.5, 0.6) is 0 Å². The zero-order valence-corrected chi connectivity index (χ0v) is 87.1. The van der Waals surface area contributed by atoms with E-state index in [2.05, 4.69) is 333 Å². The smallest absolute Gasteiger partial charge is 0.342 e. The van der Waals surface area contributed by atoms with Gasteiger partial charge in [0.2, 0.25) is 0 Å². The summed E-state index contributed by atoms with van der Waals surface area (Å²) in [5.41, 5.74) is 9.81. The van der Waals surface area contributed by atoms with Crippen molar-refractivity contribution in [1.82, 2.24) is 52.5 Å². The molecule has 0 amide bonds. The van der Waals surface area contributed by atoms with Gasteiger partial charge in [0, 0.05) is 102 Å². The number of nitrogens with one attached hydrogen (secondary N) is 1. The minimum absolute atomic E-state index is 0.00890. The highest BCUT2D eigenvalue weighted by molar-refractivity contribution is 7.54. The average molecular weight is 1950 g/mol. The standard InChI is InChI=1S/C32H34N5OPSi.C22H25NOSi.C20H24O2Si.C16H16N5OP.C11H10N3P.C7H13O3P/c1-31(2,3)40(26-10-6-4-7-11-26,27-12-8-5-9-13-27)38-25-20-32(21-25,16-17-33)37-23-24(22-35-37)28-14-18-34-30-29(28)15-19-36(30)39;1-22(2,3)25(20-11-7-5-8-12-20,21-13-9-6-10-14-21)24-19-15-18(16-19)17-23-4;1-20(2,3)23(18-10-6-4-7-11-18,19-12-8-5-9-13-19)22-17-14-16(21)15-17;17-4-3-16(7-12(22)8-16)21-10-11(9-19-21)13-1-5-18-15-14(13)2-6-20(15)23;15-14-6-3-10-9(2-5-13-11(10)14)8-1-4-12-7-8;1-4-7-11(8,9-5-2)10-6-3/h4-15,18-19,22-23,25H,16,20-21,39H2,1-3H3;5-14,17,19H,15-16H2,1-3H3;4-13,17H,14-15H2,1-3H3;1-2,5-6,9-10,12,22H,3,7-8,23H2;1-7,12H,15H2;1H,5-7H2,2-3H3. The third kappa shape index (κ3) is 22.0. The Hall–Kier alpha value is -11.5. The van der Waals surface area contributed by atoms with Crippen LogP contribution in [0.15, 0.2) is 311 Å². The van der Waals surface area contributed by atoms with E-state index >= 15 is 0 Å². The van der Waals surface area contributed by atoms with E-state index in [-0.39, 0.29) is 56.8 Å². The number of aliphatic hydroxyl groups is 1. The molecule has 0 bridgehead atoms. The van der Waals surface area contributed by atoms with Crippen molar-refractivity contribution in [3.8, 4) is 57.9 Å². The van der Waals surface area contributed by atoms with Gasteiger partial charge in [-0.05, 0) is 191 Å². The van der Waals surface area contributed by atoms with Gasteiger partial charge in [0.25, 0.3) is 25.0 Å². The molecule has 15 aromatic rings. The Morgan fingerprint density at radius 3 is 1.12 bits per heavy atom. The maximum absolute atomic E-state index is 11.5. The normalized spacial score (nSPS) is 17.6. The lowest BCUT2D eigenvalue weighted by Crippen LogP contribution is -2.69. The molecule has 19 rings (SSSR count). The number of nitriles is 2. The fraction of sp³-hybridized carbons (Fsp3) is 0.306. The van der Waals surface area contributed by atoms with Gasteiger partial charge in [-0.1, -0.05) is 256 Å². The van der Waals surface area contributed by atoms with Crippen molar-refractivity contribution in [2.45, 2.75) is 191 Å². The van der Waals surface area contributed by atoms with E-state index in [1.54, 1.807) is 26.2 Å². The quantitative estimate of drug-likeness (QED) is 0.0247. The number of nitrogens with zero attached hydrogens (tertiary/aromatic N) is 13. The maximum Gasteiger partial charge on any atom is 0.342 e. The molecule has 29 heteroatoms. The first-order valence-electron chi connectivity index (χ1n) is 46.4. The van der Waals surface area contributed by atoms with E-state index in [9.17, 15) is 19.7 Å². The van der Waals surface area contributed by atoms with Crippen LogP contribution in [0.4, 0.5) is 0 Å². The van der Waals surface area contributed by atoms with Crippen LogP contribution in [0.25, 0.3) is 71.3 Å². The summed E-state index contributed by atoms with van der Waals surface area (Å²) in [4.78, 5) is 31.2. The van der Waals surface area contributed by atoms with Crippen molar-refractivity contribution in [2.75, 3.05) is 19.4 Å². The monoisotopic (exact) mass is 1950 g/mol. The lowest BCUT2D eigenvalue weighted by atomic mass is 9.72. The molecular weight excluding hydrogens is 1830 g/mol. The number of carbonyl (C=O) groups excluding carboxylic acids is 1. The highest BCUT2D eigenvalue weighted by Crippen LogP contribution is 2.51. The van der Waals surface area contributed by atoms with Gasteiger partial charge in [0.05, 0.1) is 92.7 Å². The number of aromatic amines is 1. The van der Waals surface area contributed by atoms with Crippen LogP contribution >= 0.6 is 35.8 Å². The molecule has 0 aliphatic heterocycles. The molecule has 6 aromatic carbocycles. The van der Waals surface area contributed by atoms with Gasteiger partial charge in [-0.3, -0.25) is 18.7 Å². The summed E-state index contributed by atoms with van der Waals surface area (Å²) >= 11 is 0. The summed E-state index contributed by atoms with van der Waals surface area (Å²) in [6, 6.07) is 83.1. The van der Waals surface area contributed by atoms with Crippen molar-refractivity contribution in [1.29, 1.82) is 10.5 Å². The molecule has 0 spiro atoms. The zero-order valence-electron chi connectivity index (χ0n) is 79.7. The van der Waals surface area contributed by atoms with Crippen LogP contribution in [0.2, 0.25) is 15.1 Å². The van der Waals surface area contributed by atoms with Crippen LogP contribution in [0, 0.1) is 41.6 Å². The predicted molar refractivity (Wildman–Crippen MR) is 568 cm³/mol. The van der Waals surface area contributed by atoms with Gasteiger partial charge in [0.1, 0.15) is 28.9 Å². The summed E-state index contributed by atoms with van der Waals surface area (Å²) < 4.78 is 52.0. The molecule has 3 atom stereocenters. The lowest BCUT2D eigenvalue weighted by Gasteiger charge is -2.52. The Labute approximate surface area is 815 Å². The number of aromatic nitrogens is 11. The summed E-state index contributed by atoms with van der Waals surface area (Å²) in [7, 11) is -2.60. The van der Waals surface area contributed by atoms with Crippen molar-refractivity contribution in [3.63, 3.8) is 0 Å². The number of terminal acetylenes is 1. The zero-order chi connectivity index (χ0) is 97.4. The Balaban J connectivity index is 0.000000137. The van der Waals surface area contributed by atoms with Crippen LogP contribution in [0.3, 0.4) is 0 Å². The largest absolute Gasteiger partial charge is 0.404 e. The third-order valence-corrected chi connectivity index (χ3v) is 44.5. The number of Topliss-reactive ketones (excluding diaryl/α,β-unsaturated/α-hetero) is 1. The molecule has 9 heterocycles. The fourth-order valence-electron chi connectivity index (χ4n) is 19.5. The SMILES string of the molecule is C#CCP(=O)(OCC)OCC.CC(C)(C)[Si](OC1CC(=O)C1)(c1ccccc1)c1ccccc1.CC(C)(C)[Si](OC1CC(CC#N)(n2cc(-c3ccnc4c3ccn4P)cn2)C1)(c1ccccc1)c1ccccc1.N#CCC1(n2cc(-c3ccnc4c3ccn4P)cn2)CC(O)C1.Pn1ccc2c(-c3cc[nH]c3)ccnc21.[C-]#[N+]C=C1CC(O[Si](c2ccccc2)(c2ccccc2)C(C)(C)C)C1. The molecule has 0 radical (unpaired) electrons. The second-order valence-electron chi connectivity index (χ2n) is 38.3. The number of benzene rings is 6. The Morgan fingerprint density at radius 1 is 0.504 bits per heavy atom. The number of rotatable bonds is 24. The molecule has 4 aliphatic carbocycles. The third-order valence-electron chi connectivity index (χ3n) is 26.1. The van der Waals surface area contributed by atoms with Crippen LogP contribution in [-0.2, 0) is 42.8 Å². The van der Waals surface area contributed by atoms with Crippen LogP contribution in [0.1, 0.15) is 140 Å². The lowest BCUT2D eigenvalue weighted by molar-refractivity contribution is -0.129. The molecule has 0 saturated heterocycles. The first-order valence-corrected chi connectivity index (χ1v) is 55.4. The number of hydrogen-bond donors (Lipinski definition) is 2. The number of ketones is 1. The van der Waals surface area contributed by atoms with Crippen molar-refractivity contribution < 1.29 is 36.8 Å². The minimum atomic E-state index is -2.96. The Bertz CT molecular complexity index is 6700. The number of fused-ring (bicyclic) bond motifs is 3. The van der Waals surface area contributed by atoms with Gasteiger partial charge in [-0.25, -0.2) is 19.8 Å². The van der Waals surface area contributed by atoms with E-state index in [0.29, 0.717) is 57.5 Å². The van der Waals surface area contributed by atoms with Crippen molar-refractivity contribution in [3.05, 3.63) is 322 Å². The molecule has 22 nitrogen and oxygen atoms in total. The van der Waals surface area contributed by atoms with Gasteiger partial charge in [0.15, 0.2) is 6.20 Å². The number of carbonyl (C=O) groups is 1. The Kier molecular flexibility index (Phi) is 32.6. The first kappa shape index (κ1) is 101. The topological polar surface area (TPSA) is 257 Å². The maximum atomic E-state index is 11.5. The molecular formula is C108H122N14O8P4Si3. The summed E-state index contributed by atoms with van der Waals surface area (Å²) in [5, 5.41) is 48.9. The molecule has 2 N–H and O–H groups in total. The van der Waals surface area contributed by atoms with Crippen molar-refractivity contribution in [2.24, 2.45) is 0 Å². The van der Waals surface area contributed by atoms with Crippen LogP contribution < -0.4 is 31.1 Å². The van der Waals surface area contributed by atoms with E-state index in [1.807, 2.05) is 121 Å². The van der Waals surface area contributed by atoms with Crippen molar-refractivity contribution >= 4 is 131 Å². The number of hydrogen-bond acceptors (Lipinski definition) is 15. The van der Waals surface area contributed by atoms with E-state index < -0.39 is 32.5 Å². The Morgan fingerprint density at radius 2 is 0.832 bits per heavy atom. The van der Waals surface area contributed by atoms with Crippen LogP contribution in [-0.4, -0.2) is 132 Å². The second-order valence-corrected chi connectivity index (χ2v) is 54.8. The van der Waals surface area contributed by atoms with E-state index in [1.165, 1.54) is 53.2 Å². The molecule has 3 unspecified atom stereocenters. The first-order chi connectivity index (χ1) is 65.8. The van der Waals surface area contributed by atoms with Gasteiger partial charge in [-0.15, -0.1) is 6.42 Å². The molecule has 4 aliphatic rings. The fourth-order valence-corrected chi connectivity index (χ4v) is 35.7. The molecule has 704 valence electrons. The minimum Gasteiger partial charge on any atom is -0.404 e. The molecule has 137 heavy (non-hydrogen) atoms.